The first-order chi connectivity index (χ1) is 3.46. The van der Waals surface area contributed by atoms with Crippen LogP contribution >= 0.6 is 0 Å². The van der Waals surface area contributed by atoms with Crippen LogP contribution in [0.15, 0.2) is 0 Å². The van der Waals surface area contributed by atoms with E-state index in [1.807, 2.05) is 0 Å². The Balaban J connectivity index is -0.0000000171. The zero-order valence-corrected chi connectivity index (χ0v) is 7.38. The molecule has 0 saturated carbocycles. The maximum Gasteiger partial charge on any atom is 0.291 e. The summed E-state index contributed by atoms with van der Waals surface area (Å²) in [5.41, 5.74) is 0. The van der Waals surface area contributed by atoms with Gasteiger partial charge in [0.15, 0.2) is 0 Å². The van der Waals surface area contributed by atoms with Crippen molar-refractivity contribution < 1.29 is 57.7 Å². The van der Waals surface area contributed by atoms with Crippen LogP contribution in [0.3, 0.4) is 0 Å². The van der Waals surface area contributed by atoms with Gasteiger partial charge < -0.3 is 21.4 Å². The van der Waals surface area contributed by atoms with Crippen molar-refractivity contribution in [3.8, 4) is 0 Å². The van der Waals surface area contributed by atoms with Gasteiger partial charge in [-0.3, -0.25) is 0 Å². The summed E-state index contributed by atoms with van der Waals surface area (Å²) < 4.78 is 0. The average molecular weight is 253 g/mol. The van der Waals surface area contributed by atoms with E-state index in [-0.39, 0.29) is 37.2 Å². The molecule has 0 aliphatic rings. The molecule has 68 valence electrons. The SMILES string of the molecule is O.O.O=[N+]([O-])O.O=[N+]([O-])O.[Zr]. The zero-order valence-electron chi connectivity index (χ0n) is 4.92. The molecule has 0 amide bonds. The van der Waals surface area contributed by atoms with Gasteiger partial charge in [0.05, 0.1) is 0 Å². The fourth-order valence-electron chi connectivity index (χ4n) is 0. The van der Waals surface area contributed by atoms with Crippen LogP contribution in [0.2, 0.25) is 0 Å². The van der Waals surface area contributed by atoms with Crippen LogP contribution in [-0.2, 0) is 26.2 Å². The smallest absolute Gasteiger partial charge is 0.291 e. The van der Waals surface area contributed by atoms with Crippen molar-refractivity contribution in [1.29, 1.82) is 0 Å². The summed E-state index contributed by atoms with van der Waals surface area (Å²) >= 11 is 0. The number of rotatable bonds is 0. The second-order valence-electron chi connectivity index (χ2n) is 0.476. The molecule has 0 aromatic heterocycles. The summed E-state index contributed by atoms with van der Waals surface area (Å²) in [5, 5.41) is 27.3. The third-order valence-corrected chi connectivity index (χ3v) is 0. The molecule has 0 atom stereocenters. The third kappa shape index (κ3) is 752. The van der Waals surface area contributed by atoms with E-state index in [1.165, 1.54) is 0 Å². The molecule has 0 saturated heterocycles. The third-order valence-electron chi connectivity index (χ3n) is 0. The quantitative estimate of drug-likeness (QED) is 0.358. The number of nitrogens with zero attached hydrogens (tertiary/aromatic N) is 2. The Hall–Kier alpha value is -0.797. The van der Waals surface area contributed by atoms with Crippen LogP contribution < -0.4 is 0 Å². The Morgan fingerprint density at radius 2 is 0.909 bits per heavy atom. The largest absolute Gasteiger partial charge is 0.412 e. The maximum absolute atomic E-state index is 8.36. The normalized spacial score (nSPS) is 4.36. The van der Waals surface area contributed by atoms with Gasteiger partial charge >= 0.3 is 0 Å². The first kappa shape index (κ1) is 31.9. The molecule has 0 aromatic rings. The molecule has 0 spiro atoms. The molecular formula is H6N2O8Zr. The summed E-state index contributed by atoms with van der Waals surface area (Å²) in [7, 11) is 0. The average Bonchev–Trinajstić information content (AvgIpc) is 1.25. The molecule has 0 aliphatic heterocycles. The summed E-state index contributed by atoms with van der Waals surface area (Å²) in [6, 6.07) is 0. The minimum atomic E-state index is -1.50. The van der Waals surface area contributed by atoms with Gasteiger partial charge in [0.1, 0.15) is 0 Å². The Labute approximate surface area is 78.4 Å². The van der Waals surface area contributed by atoms with Crippen LogP contribution in [0.25, 0.3) is 0 Å². The summed E-state index contributed by atoms with van der Waals surface area (Å²) in [6.45, 7) is 0. The fraction of sp³-hybridized carbons (Fsp3) is 0. The van der Waals surface area contributed by atoms with Crippen LogP contribution in [0.5, 0.6) is 0 Å². The van der Waals surface area contributed by atoms with Crippen molar-refractivity contribution in [2.24, 2.45) is 0 Å². The molecule has 6 N–H and O–H groups in total. The first-order valence-corrected chi connectivity index (χ1v) is 1.13. The Bertz CT molecular complexity index is 70.1. The van der Waals surface area contributed by atoms with Crippen molar-refractivity contribution in [3.63, 3.8) is 0 Å². The molecule has 10 nitrogen and oxygen atoms in total. The van der Waals surface area contributed by atoms with Gasteiger partial charge in [0, 0.05) is 26.2 Å². The van der Waals surface area contributed by atoms with E-state index in [4.69, 9.17) is 30.6 Å². The van der Waals surface area contributed by atoms with E-state index in [1.54, 1.807) is 0 Å². The molecule has 0 bridgehead atoms. The van der Waals surface area contributed by atoms with Gasteiger partial charge in [-0.1, -0.05) is 0 Å². The van der Waals surface area contributed by atoms with E-state index < -0.39 is 10.2 Å². The summed E-state index contributed by atoms with van der Waals surface area (Å²) in [4.78, 5) is 16.7. The van der Waals surface area contributed by atoms with Crippen molar-refractivity contribution in [2.75, 3.05) is 0 Å². The predicted molar refractivity (Wildman–Crippen MR) is 24.8 cm³/mol. The van der Waals surface area contributed by atoms with Crippen LogP contribution in [-0.4, -0.2) is 31.5 Å². The molecule has 11 heavy (non-hydrogen) atoms. The van der Waals surface area contributed by atoms with Crippen molar-refractivity contribution in [2.45, 2.75) is 0 Å². The Kier molecular flexibility index (Phi) is 66.4. The Morgan fingerprint density at radius 1 is 0.909 bits per heavy atom. The number of hydrogen-bond donors (Lipinski definition) is 2. The van der Waals surface area contributed by atoms with Gasteiger partial charge in [0.2, 0.25) is 0 Å². The van der Waals surface area contributed by atoms with Crippen LogP contribution in [0.4, 0.5) is 0 Å². The van der Waals surface area contributed by atoms with Crippen molar-refractivity contribution in [3.05, 3.63) is 20.2 Å². The van der Waals surface area contributed by atoms with Gasteiger partial charge in [0.25, 0.3) is 10.2 Å². The van der Waals surface area contributed by atoms with Crippen molar-refractivity contribution >= 4 is 0 Å². The molecule has 0 aliphatic carbocycles. The first-order valence-electron chi connectivity index (χ1n) is 1.13. The summed E-state index contributed by atoms with van der Waals surface area (Å²) in [6.07, 6.45) is 0. The molecule has 0 fully saturated rings. The Morgan fingerprint density at radius 3 is 0.909 bits per heavy atom. The van der Waals surface area contributed by atoms with E-state index in [2.05, 4.69) is 0 Å². The second kappa shape index (κ2) is 22.9. The molecule has 0 radical (unpaired) electrons. The van der Waals surface area contributed by atoms with E-state index in [0.717, 1.165) is 0 Å². The van der Waals surface area contributed by atoms with Gasteiger partial charge in [-0.15, -0.1) is 20.2 Å². The predicted octanol–water partition coefficient (Wildman–Crippen LogP) is -2.35. The molecule has 0 unspecified atom stereocenters. The molecule has 11 heteroatoms. The molecule has 0 rings (SSSR count). The van der Waals surface area contributed by atoms with Gasteiger partial charge in [-0.25, -0.2) is 0 Å². The second-order valence-corrected chi connectivity index (χ2v) is 0.476. The van der Waals surface area contributed by atoms with Crippen LogP contribution in [0.1, 0.15) is 0 Å². The summed E-state index contributed by atoms with van der Waals surface area (Å²) in [5.74, 6) is 0. The monoisotopic (exact) mass is 252 g/mol. The minimum absolute atomic E-state index is 0. The van der Waals surface area contributed by atoms with E-state index in [0.29, 0.717) is 0 Å². The fourth-order valence-corrected chi connectivity index (χ4v) is 0. The molecule has 0 heterocycles. The maximum atomic E-state index is 8.36. The van der Waals surface area contributed by atoms with E-state index in [9.17, 15) is 0 Å². The number of hydrogen-bond acceptors (Lipinski definition) is 4. The van der Waals surface area contributed by atoms with E-state index >= 15 is 0 Å². The zero-order chi connectivity index (χ0) is 7.15. The van der Waals surface area contributed by atoms with Gasteiger partial charge in [-0.2, -0.15) is 0 Å². The minimum Gasteiger partial charge on any atom is -0.412 e. The standard InChI is InChI=1S/2HNO3.2H2O.Zr/c2*2-1(3)4;;;/h2*(H,2,3,4);2*1H2;. The topological polar surface area (TPSA) is 190 Å². The van der Waals surface area contributed by atoms with Gasteiger partial charge in [-0.05, 0) is 0 Å². The van der Waals surface area contributed by atoms with Crippen molar-refractivity contribution in [1.82, 2.24) is 0 Å². The molecule has 0 aromatic carbocycles. The molecular weight excluding hydrogens is 247 g/mol. The van der Waals surface area contributed by atoms with Crippen LogP contribution in [0, 0.1) is 20.2 Å².